The SMILES string of the molecule is COc1ccc(Cl)cc1NC(=O)C(C)Oc1cc(C(F)(F)F)c2c(C)nn(C)c2n1. The van der Waals surface area contributed by atoms with E-state index in [1.807, 2.05) is 0 Å². The maximum Gasteiger partial charge on any atom is 0.417 e. The van der Waals surface area contributed by atoms with E-state index in [2.05, 4.69) is 15.4 Å². The van der Waals surface area contributed by atoms with Crippen molar-refractivity contribution in [3.05, 3.63) is 40.5 Å². The van der Waals surface area contributed by atoms with Crippen LogP contribution in [0.3, 0.4) is 0 Å². The number of anilines is 1. The van der Waals surface area contributed by atoms with E-state index in [1.165, 1.54) is 38.8 Å². The van der Waals surface area contributed by atoms with Gasteiger partial charge < -0.3 is 14.8 Å². The number of carbonyl (C=O) groups excluding carboxylic acids is 1. The predicted octanol–water partition coefficient (Wildman–Crippen LogP) is 4.36. The number of ether oxygens (including phenoxy) is 2. The number of hydrogen-bond donors (Lipinski definition) is 1. The summed E-state index contributed by atoms with van der Waals surface area (Å²) in [5.74, 6) is -0.602. The quantitative estimate of drug-likeness (QED) is 0.635. The maximum absolute atomic E-state index is 13.6. The third-order valence-corrected chi connectivity index (χ3v) is 4.57. The molecule has 3 aromatic rings. The first-order valence-corrected chi connectivity index (χ1v) is 9.11. The molecule has 2 heterocycles. The molecular formula is C19H18ClF3N4O3. The summed E-state index contributed by atoms with van der Waals surface area (Å²) in [5.41, 5.74) is -0.441. The lowest BCUT2D eigenvalue weighted by Crippen LogP contribution is -2.30. The molecule has 0 aliphatic rings. The van der Waals surface area contributed by atoms with Crippen molar-refractivity contribution in [2.75, 3.05) is 12.4 Å². The number of carbonyl (C=O) groups is 1. The van der Waals surface area contributed by atoms with Gasteiger partial charge >= 0.3 is 6.18 Å². The first kappa shape index (κ1) is 21.7. The number of aryl methyl sites for hydroxylation is 2. The summed E-state index contributed by atoms with van der Waals surface area (Å²) in [7, 11) is 2.90. The largest absolute Gasteiger partial charge is 0.495 e. The maximum atomic E-state index is 13.6. The number of methoxy groups -OCH3 is 1. The fourth-order valence-corrected chi connectivity index (χ4v) is 3.12. The molecule has 0 radical (unpaired) electrons. The molecule has 30 heavy (non-hydrogen) atoms. The van der Waals surface area contributed by atoms with Gasteiger partial charge in [-0.15, -0.1) is 0 Å². The first-order valence-electron chi connectivity index (χ1n) is 8.74. The lowest BCUT2D eigenvalue weighted by molar-refractivity contribution is -0.136. The molecule has 7 nitrogen and oxygen atoms in total. The van der Waals surface area contributed by atoms with Gasteiger partial charge in [-0.05, 0) is 32.0 Å². The lowest BCUT2D eigenvalue weighted by atomic mass is 10.1. The number of benzene rings is 1. The fraction of sp³-hybridized carbons (Fsp3) is 0.316. The van der Waals surface area contributed by atoms with Crippen molar-refractivity contribution in [1.82, 2.24) is 14.8 Å². The van der Waals surface area contributed by atoms with Gasteiger partial charge in [0.05, 0.1) is 29.4 Å². The summed E-state index contributed by atoms with van der Waals surface area (Å²) < 4.78 is 52.5. The summed E-state index contributed by atoms with van der Waals surface area (Å²) in [4.78, 5) is 16.6. The molecule has 1 aromatic carbocycles. The van der Waals surface area contributed by atoms with Gasteiger partial charge in [0, 0.05) is 18.1 Å². The topological polar surface area (TPSA) is 78.3 Å². The van der Waals surface area contributed by atoms with Crippen LogP contribution in [0, 0.1) is 6.92 Å². The van der Waals surface area contributed by atoms with Crippen LogP contribution in [0.15, 0.2) is 24.3 Å². The minimum atomic E-state index is -4.65. The van der Waals surface area contributed by atoms with Crippen molar-refractivity contribution in [3.63, 3.8) is 0 Å². The molecule has 1 atom stereocenters. The summed E-state index contributed by atoms with van der Waals surface area (Å²) in [6.45, 7) is 2.86. The van der Waals surface area contributed by atoms with E-state index in [0.29, 0.717) is 16.5 Å². The smallest absolute Gasteiger partial charge is 0.417 e. The molecule has 160 valence electrons. The Bertz CT molecular complexity index is 1110. The average Bonchev–Trinajstić information content (AvgIpc) is 2.94. The van der Waals surface area contributed by atoms with Crippen LogP contribution in [0.1, 0.15) is 18.2 Å². The van der Waals surface area contributed by atoms with Crippen LogP contribution in [0.5, 0.6) is 11.6 Å². The van der Waals surface area contributed by atoms with E-state index in [4.69, 9.17) is 21.1 Å². The highest BCUT2D eigenvalue weighted by atomic mass is 35.5. The predicted molar refractivity (Wildman–Crippen MR) is 105 cm³/mol. The number of hydrogen-bond acceptors (Lipinski definition) is 5. The molecule has 0 bridgehead atoms. The molecule has 0 saturated carbocycles. The molecule has 3 rings (SSSR count). The number of rotatable bonds is 5. The zero-order chi connectivity index (χ0) is 22.2. The minimum absolute atomic E-state index is 0.00134. The van der Waals surface area contributed by atoms with Gasteiger partial charge in [0.1, 0.15) is 5.75 Å². The van der Waals surface area contributed by atoms with Gasteiger partial charge in [0.25, 0.3) is 5.91 Å². The zero-order valence-corrected chi connectivity index (χ0v) is 17.2. The molecule has 0 spiro atoms. The molecule has 1 N–H and O–H groups in total. The van der Waals surface area contributed by atoms with Gasteiger partial charge in [-0.25, -0.2) is 0 Å². The Labute approximate surface area is 174 Å². The molecule has 0 aliphatic carbocycles. The van der Waals surface area contributed by atoms with E-state index in [9.17, 15) is 18.0 Å². The number of alkyl halides is 3. The lowest BCUT2D eigenvalue weighted by Gasteiger charge is -2.17. The standard InChI is InChI=1S/C19H18ClF3N4O3/c1-9-16-12(19(21,22)23)8-15(25-17(16)27(3)26-9)30-10(2)18(28)24-13-7-11(20)5-6-14(13)29-4/h5-8,10H,1-4H3,(H,24,28). The number of halogens is 4. The Balaban J connectivity index is 1.90. The van der Waals surface area contributed by atoms with Crippen molar-refractivity contribution >= 4 is 34.2 Å². The Hall–Kier alpha value is -3.01. The van der Waals surface area contributed by atoms with Crippen molar-refractivity contribution < 1.29 is 27.4 Å². The number of pyridine rings is 1. The molecule has 11 heteroatoms. The summed E-state index contributed by atoms with van der Waals surface area (Å²) in [5, 5.41) is 6.83. The van der Waals surface area contributed by atoms with Crippen molar-refractivity contribution in [2.24, 2.45) is 7.05 Å². The van der Waals surface area contributed by atoms with Crippen LogP contribution in [-0.2, 0) is 18.0 Å². The molecule has 1 amide bonds. The van der Waals surface area contributed by atoms with Gasteiger partial charge in [-0.1, -0.05) is 11.6 Å². The van der Waals surface area contributed by atoms with Crippen LogP contribution in [0.2, 0.25) is 5.02 Å². The van der Waals surface area contributed by atoms with Crippen molar-refractivity contribution in [2.45, 2.75) is 26.1 Å². The van der Waals surface area contributed by atoms with Gasteiger partial charge in [0.15, 0.2) is 11.8 Å². The Morgan fingerprint density at radius 1 is 1.30 bits per heavy atom. The third kappa shape index (κ3) is 4.28. The Morgan fingerprint density at radius 3 is 2.63 bits per heavy atom. The molecule has 0 aliphatic heterocycles. The Kier molecular flexibility index (Phi) is 5.80. The second-order valence-electron chi connectivity index (χ2n) is 6.51. The van der Waals surface area contributed by atoms with Crippen LogP contribution in [-0.4, -0.2) is 33.9 Å². The van der Waals surface area contributed by atoms with E-state index >= 15 is 0 Å². The van der Waals surface area contributed by atoms with Crippen LogP contribution in [0.25, 0.3) is 11.0 Å². The number of nitrogens with one attached hydrogen (secondary N) is 1. The first-order chi connectivity index (χ1) is 14.0. The van der Waals surface area contributed by atoms with E-state index in [1.54, 1.807) is 12.1 Å². The highest BCUT2D eigenvalue weighted by Crippen LogP contribution is 2.37. The number of aromatic nitrogens is 3. The third-order valence-electron chi connectivity index (χ3n) is 4.34. The van der Waals surface area contributed by atoms with Crippen LogP contribution < -0.4 is 14.8 Å². The highest BCUT2D eigenvalue weighted by Gasteiger charge is 2.36. The van der Waals surface area contributed by atoms with Gasteiger partial charge in [-0.2, -0.15) is 23.3 Å². The van der Waals surface area contributed by atoms with E-state index in [0.717, 1.165) is 6.07 Å². The molecule has 1 unspecified atom stereocenters. The fourth-order valence-electron chi connectivity index (χ4n) is 2.95. The number of fused-ring (bicyclic) bond motifs is 1. The second kappa shape index (κ2) is 8.02. The van der Waals surface area contributed by atoms with E-state index < -0.39 is 23.8 Å². The molecule has 0 saturated heterocycles. The summed E-state index contributed by atoms with van der Waals surface area (Å²) in [6.07, 6.45) is -5.80. The monoisotopic (exact) mass is 442 g/mol. The highest BCUT2D eigenvalue weighted by molar-refractivity contribution is 6.31. The minimum Gasteiger partial charge on any atom is -0.495 e. The summed E-state index contributed by atoms with van der Waals surface area (Å²) >= 11 is 5.94. The number of amides is 1. The van der Waals surface area contributed by atoms with E-state index in [-0.39, 0.29) is 22.6 Å². The summed E-state index contributed by atoms with van der Waals surface area (Å²) in [6, 6.07) is 5.40. The van der Waals surface area contributed by atoms with Crippen molar-refractivity contribution in [3.8, 4) is 11.6 Å². The van der Waals surface area contributed by atoms with Gasteiger partial charge in [-0.3, -0.25) is 9.48 Å². The molecule has 0 fully saturated rings. The van der Waals surface area contributed by atoms with Crippen molar-refractivity contribution in [1.29, 1.82) is 0 Å². The van der Waals surface area contributed by atoms with Crippen LogP contribution >= 0.6 is 11.6 Å². The van der Waals surface area contributed by atoms with Crippen LogP contribution in [0.4, 0.5) is 18.9 Å². The number of nitrogens with zero attached hydrogens (tertiary/aromatic N) is 3. The Morgan fingerprint density at radius 2 is 2.00 bits per heavy atom. The zero-order valence-electron chi connectivity index (χ0n) is 16.5. The molecular weight excluding hydrogens is 425 g/mol. The average molecular weight is 443 g/mol. The normalized spacial score (nSPS) is 12.7. The second-order valence-corrected chi connectivity index (χ2v) is 6.94. The molecule has 2 aromatic heterocycles. The van der Waals surface area contributed by atoms with Gasteiger partial charge in [0.2, 0.25) is 5.88 Å².